The first-order valence-corrected chi connectivity index (χ1v) is 7.65. The summed E-state index contributed by atoms with van der Waals surface area (Å²) in [5.74, 6) is -1.15. The number of aryl methyl sites for hydroxylation is 1. The number of hydrogen-bond donors (Lipinski definition) is 1. The Kier molecular flexibility index (Phi) is 4.20. The number of amides is 1. The first-order valence-electron chi connectivity index (χ1n) is 6.77. The van der Waals surface area contributed by atoms with Crippen molar-refractivity contribution in [1.82, 2.24) is 10.3 Å². The minimum absolute atomic E-state index is 0.0960. The molecule has 0 bridgehead atoms. The molecule has 23 heavy (non-hydrogen) atoms. The molecule has 7 heteroatoms. The quantitative estimate of drug-likeness (QED) is 0.787. The molecular weight excluding hydrogens is 322 g/mol. The number of thiazole rings is 1. The van der Waals surface area contributed by atoms with Crippen LogP contribution >= 0.6 is 11.3 Å². The van der Waals surface area contributed by atoms with Crippen LogP contribution < -0.4 is 5.32 Å². The number of furan rings is 1. The van der Waals surface area contributed by atoms with Gasteiger partial charge in [-0.3, -0.25) is 4.79 Å². The van der Waals surface area contributed by atoms with Crippen LogP contribution in [0.1, 0.15) is 21.1 Å². The second-order valence-electron chi connectivity index (χ2n) is 4.82. The predicted octanol–water partition coefficient (Wildman–Crippen LogP) is 3.92. The highest BCUT2D eigenvalue weighted by atomic mass is 32.1. The van der Waals surface area contributed by atoms with Crippen molar-refractivity contribution in [3.8, 4) is 11.5 Å². The number of hydrogen-bond acceptors (Lipinski definition) is 4. The van der Waals surface area contributed by atoms with Crippen LogP contribution in [-0.2, 0) is 6.54 Å². The van der Waals surface area contributed by atoms with Crippen LogP contribution in [0.5, 0.6) is 0 Å². The minimum Gasteiger partial charge on any atom is -0.458 e. The van der Waals surface area contributed by atoms with Gasteiger partial charge in [-0.2, -0.15) is 0 Å². The van der Waals surface area contributed by atoms with Crippen molar-refractivity contribution in [2.45, 2.75) is 13.5 Å². The molecule has 0 fully saturated rings. The van der Waals surface area contributed by atoms with Crippen LogP contribution in [0, 0.1) is 18.6 Å². The van der Waals surface area contributed by atoms with E-state index in [1.165, 1.54) is 11.3 Å². The van der Waals surface area contributed by atoms with Gasteiger partial charge in [-0.25, -0.2) is 13.8 Å². The van der Waals surface area contributed by atoms with Gasteiger partial charge in [-0.15, -0.1) is 11.3 Å². The molecule has 3 rings (SSSR count). The van der Waals surface area contributed by atoms with Crippen molar-refractivity contribution >= 4 is 17.2 Å². The van der Waals surface area contributed by atoms with E-state index in [9.17, 15) is 13.6 Å². The van der Waals surface area contributed by atoms with Crippen LogP contribution in [0.25, 0.3) is 11.5 Å². The zero-order chi connectivity index (χ0) is 16.4. The van der Waals surface area contributed by atoms with Gasteiger partial charge in [0, 0.05) is 11.4 Å². The third-order valence-electron chi connectivity index (χ3n) is 3.13. The molecular formula is C16H12F2N2O2S. The molecule has 4 nitrogen and oxygen atoms in total. The third kappa shape index (κ3) is 3.45. The number of halogens is 2. The van der Waals surface area contributed by atoms with Crippen molar-refractivity contribution in [2.24, 2.45) is 0 Å². The van der Waals surface area contributed by atoms with Crippen LogP contribution in [0.15, 0.2) is 40.1 Å². The molecule has 2 heterocycles. The first-order chi connectivity index (χ1) is 11.0. The largest absolute Gasteiger partial charge is 0.458 e. The topological polar surface area (TPSA) is 55.1 Å². The lowest BCUT2D eigenvalue weighted by Gasteiger charge is -2.04. The fourth-order valence-electron chi connectivity index (χ4n) is 2.02. The Morgan fingerprint density at radius 1 is 1.30 bits per heavy atom. The summed E-state index contributed by atoms with van der Waals surface area (Å²) in [5, 5.41) is 5.34. The average Bonchev–Trinajstić information content (AvgIpc) is 3.13. The van der Waals surface area contributed by atoms with E-state index in [2.05, 4.69) is 10.3 Å². The maximum Gasteiger partial charge on any atom is 0.254 e. The molecule has 0 aliphatic carbocycles. The predicted molar refractivity (Wildman–Crippen MR) is 82.1 cm³/mol. The van der Waals surface area contributed by atoms with Gasteiger partial charge in [-0.05, 0) is 31.2 Å². The van der Waals surface area contributed by atoms with E-state index in [-0.39, 0.29) is 12.1 Å². The van der Waals surface area contributed by atoms with Gasteiger partial charge in [0.1, 0.15) is 23.1 Å². The third-order valence-corrected chi connectivity index (χ3v) is 3.91. The van der Waals surface area contributed by atoms with Crippen molar-refractivity contribution < 1.29 is 18.0 Å². The fourth-order valence-corrected chi connectivity index (χ4v) is 2.63. The van der Waals surface area contributed by atoms with Crippen LogP contribution in [0.4, 0.5) is 8.78 Å². The van der Waals surface area contributed by atoms with Gasteiger partial charge in [0.05, 0.1) is 17.1 Å². The number of carbonyl (C=O) groups excluding carboxylic acids is 1. The Balaban J connectivity index is 1.66. The molecule has 0 spiro atoms. The molecule has 0 atom stereocenters. The maximum absolute atomic E-state index is 13.5. The molecule has 118 valence electrons. The Bertz CT molecular complexity index is 857. The second kappa shape index (κ2) is 6.29. The van der Waals surface area contributed by atoms with Gasteiger partial charge in [0.15, 0.2) is 5.76 Å². The summed E-state index contributed by atoms with van der Waals surface area (Å²) in [6.07, 6.45) is 0. The monoisotopic (exact) mass is 334 g/mol. The van der Waals surface area contributed by atoms with Crippen molar-refractivity contribution in [3.05, 3.63) is 63.7 Å². The molecule has 1 amide bonds. The Labute approximate surface area is 134 Å². The molecule has 0 saturated heterocycles. The molecule has 3 aromatic rings. The molecule has 1 aromatic carbocycles. The number of aromatic nitrogens is 1. The van der Waals surface area contributed by atoms with Gasteiger partial charge >= 0.3 is 0 Å². The van der Waals surface area contributed by atoms with E-state index in [4.69, 9.17) is 4.42 Å². The zero-order valence-electron chi connectivity index (χ0n) is 12.1. The summed E-state index contributed by atoms with van der Waals surface area (Å²) in [6, 6.07) is 6.28. The van der Waals surface area contributed by atoms with Crippen LogP contribution in [-0.4, -0.2) is 10.9 Å². The van der Waals surface area contributed by atoms with Crippen molar-refractivity contribution in [1.29, 1.82) is 0 Å². The fraction of sp³-hybridized carbons (Fsp3) is 0.125. The highest BCUT2D eigenvalue weighted by Gasteiger charge is 2.13. The Morgan fingerprint density at radius 2 is 2.13 bits per heavy atom. The molecule has 0 radical (unpaired) electrons. The summed E-state index contributed by atoms with van der Waals surface area (Å²) < 4.78 is 32.0. The van der Waals surface area contributed by atoms with Crippen molar-refractivity contribution in [3.63, 3.8) is 0 Å². The lowest BCUT2D eigenvalue weighted by atomic mass is 10.2. The summed E-state index contributed by atoms with van der Waals surface area (Å²) in [7, 11) is 0. The SMILES string of the molecule is Cc1nc(-c2ccc(CNC(=O)c3ccc(F)cc3F)o2)cs1. The molecule has 0 aliphatic heterocycles. The van der Waals surface area contributed by atoms with Gasteiger partial charge < -0.3 is 9.73 Å². The number of benzene rings is 1. The number of rotatable bonds is 4. The second-order valence-corrected chi connectivity index (χ2v) is 5.89. The lowest BCUT2D eigenvalue weighted by molar-refractivity contribution is 0.0944. The Hall–Kier alpha value is -2.54. The molecule has 1 N–H and O–H groups in total. The number of nitrogens with one attached hydrogen (secondary N) is 1. The standard InChI is InChI=1S/C16H12F2N2O2S/c1-9-20-14(8-23-9)15-5-3-11(22-15)7-19-16(21)12-4-2-10(17)6-13(12)18/h2-6,8H,7H2,1H3,(H,19,21). The smallest absolute Gasteiger partial charge is 0.254 e. The van der Waals surface area contributed by atoms with E-state index in [0.717, 1.165) is 22.8 Å². The molecule has 0 saturated carbocycles. The van der Waals surface area contributed by atoms with E-state index in [0.29, 0.717) is 17.6 Å². The Morgan fingerprint density at radius 3 is 2.83 bits per heavy atom. The summed E-state index contributed by atoms with van der Waals surface area (Å²) in [6.45, 7) is 1.99. The van der Waals surface area contributed by atoms with Crippen molar-refractivity contribution in [2.75, 3.05) is 0 Å². The maximum atomic E-state index is 13.5. The van der Waals surface area contributed by atoms with E-state index in [1.807, 2.05) is 12.3 Å². The van der Waals surface area contributed by atoms with Gasteiger partial charge in [-0.1, -0.05) is 0 Å². The van der Waals surface area contributed by atoms with E-state index >= 15 is 0 Å². The summed E-state index contributed by atoms with van der Waals surface area (Å²) in [5.41, 5.74) is 0.517. The summed E-state index contributed by atoms with van der Waals surface area (Å²) >= 11 is 1.51. The molecule has 0 aliphatic rings. The van der Waals surface area contributed by atoms with Gasteiger partial charge in [0.25, 0.3) is 5.91 Å². The normalized spacial score (nSPS) is 10.7. The van der Waals surface area contributed by atoms with Crippen LogP contribution in [0.2, 0.25) is 0 Å². The highest BCUT2D eigenvalue weighted by Crippen LogP contribution is 2.23. The van der Waals surface area contributed by atoms with Gasteiger partial charge in [0.2, 0.25) is 0 Å². The zero-order valence-corrected chi connectivity index (χ0v) is 12.9. The van der Waals surface area contributed by atoms with Crippen LogP contribution in [0.3, 0.4) is 0 Å². The number of carbonyl (C=O) groups is 1. The molecule has 0 unspecified atom stereocenters. The highest BCUT2D eigenvalue weighted by molar-refractivity contribution is 7.09. The molecule has 2 aromatic heterocycles. The average molecular weight is 334 g/mol. The first kappa shape index (κ1) is 15.4. The lowest BCUT2D eigenvalue weighted by Crippen LogP contribution is -2.23. The van der Waals surface area contributed by atoms with E-state index in [1.54, 1.807) is 12.1 Å². The van der Waals surface area contributed by atoms with E-state index < -0.39 is 17.5 Å². The number of nitrogens with zero attached hydrogens (tertiary/aromatic N) is 1. The summed E-state index contributed by atoms with van der Waals surface area (Å²) in [4.78, 5) is 16.2. The minimum atomic E-state index is -0.902.